The van der Waals surface area contributed by atoms with Crippen molar-refractivity contribution < 1.29 is 18.7 Å². The first-order valence-corrected chi connectivity index (χ1v) is 11.8. The van der Waals surface area contributed by atoms with Gasteiger partial charge in [-0.05, 0) is 56.5 Å². The molecule has 0 saturated heterocycles. The molecule has 0 spiro atoms. The van der Waals surface area contributed by atoms with Gasteiger partial charge in [0, 0.05) is 34.7 Å². The molecule has 0 aliphatic carbocycles. The van der Waals surface area contributed by atoms with Crippen LogP contribution in [0.25, 0.3) is 27.7 Å². The van der Waals surface area contributed by atoms with Gasteiger partial charge in [-0.15, -0.1) is 0 Å². The highest BCUT2D eigenvalue weighted by atomic mass is 16.5. The van der Waals surface area contributed by atoms with E-state index >= 15 is 0 Å². The van der Waals surface area contributed by atoms with Crippen LogP contribution in [0.2, 0.25) is 0 Å². The molecule has 1 amide bonds. The van der Waals surface area contributed by atoms with Crippen molar-refractivity contribution in [3.63, 3.8) is 0 Å². The van der Waals surface area contributed by atoms with Crippen LogP contribution in [-0.2, 0) is 4.79 Å². The Kier molecular flexibility index (Phi) is 8.58. The Morgan fingerprint density at radius 2 is 1.88 bits per heavy atom. The summed E-state index contributed by atoms with van der Waals surface area (Å²) in [6.45, 7) is 9.40. The maximum atomic E-state index is 12.5. The summed E-state index contributed by atoms with van der Waals surface area (Å²) in [6.07, 6.45) is 7.95. The van der Waals surface area contributed by atoms with Gasteiger partial charge >= 0.3 is 0 Å². The Balaban J connectivity index is 1.93. The monoisotopic (exact) mass is 449 g/mol. The van der Waals surface area contributed by atoms with E-state index in [4.69, 9.17) is 13.9 Å². The molecule has 1 heterocycles. The van der Waals surface area contributed by atoms with E-state index in [1.54, 1.807) is 19.4 Å². The van der Waals surface area contributed by atoms with Crippen molar-refractivity contribution in [2.24, 2.45) is 0 Å². The number of hydrogen-bond acceptors (Lipinski definition) is 4. The SMILES string of the molecule is CCCCCCNC(=O)/C=C(\C)c1cc2c(-c3ccc(OCC)cc3)coc2c(C)c1OC. The van der Waals surface area contributed by atoms with Gasteiger partial charge in [-0.3, -0.25) is 4.79 Å². The molecule has 1 N–H and O–H groups in total. The zero-order valence-electron chi connectivity index (χ0n) is 20.4. The predicted octanol–water partition coefficient (Wildman–Crippen LogP) is 6.92. The molecule has 5 heteroatoms. The highest BCUT2D eigenvalue weighted by Crippen LogP contribution is 2.40. The highest BCUT2D eigenvalue weighted by molar-refractivity contribution is 6.01. The summed E-state index contributed by atoms with van der Waals surface area (Å²) in [5, 5.41) is 3.98. The molecule has 0 unspecified atom stereocenters. The van der Waals surface area contributed by atoms with E-state index in [0.29, 0.717) is 13.2 Å². The van der Waals surface area contributed by atoms with Crippen molar-refractivity contribution in [1.29, 1.82) is 0 Å². The van der Waals surface area contributed by atoms with Crippen molar-refractivity contribution in [3.8, 4) is 22.6 Å². The van der Waals surface area contributed by atoms with E-state index in [0.717, 1.165) is 63.1 Å². The molecule has 3 aromatic rings. The van der Waals surface area contributed by atoms with Crippen LogP contribution in [0.15, 0.2) is 47.1 Å². The number of carbonyl (C=O) groups is 1. The molecule has 0 atom stereocenters. The van der Waals surface area contributed by atoms with Gasteiger partial charge in [0.15, 0.2) is 0 Å². The summed E-state index contributed by atoms with van der Waals surface area (Å²) < 4.78 is 17.2. The summed E-state index contributed by atoms with van der Waals surface area (Å²) in [6, 6.07) is 10.0. The number of fused-ring (bicyclic) bond motifs is 1. The lowest BCUT2D eigenvalue weighted by Gasteiger charge is -2.13. The largest absolute Gasteiger partial charge is 0.496 e. The minimum atomic E-state index is -0.0808. The third-order valence-corrected chi connectivity index (χ3v) is 5.83. The zero-order chi connectivity index (χ0) is 23.8. The van der Waals surface area contributed by atoms with Crippen molar-refractivity contribution in [3.05, 3.63) is 53.8 Å². The van der Waals surface area contributed by atoms with Crippen LogP contribution in [0.4, 0.5) is 0 Å². The molecule has 2 aromatic carbocycles. The number of carbonyl (C=O) groups excluding carboxylic acids is 1. The number of amides is 1. The second-order valence-electron chi connectivity index (χ2n) is 8.24. The van der Waals surface area contributed by atoms with Gasteiger partial charge in [-0.1, -0.05) is 38.3 Å². The number of rotatable bonds is 11. The lowest BCUT2D eigenvalue weighted by atomic mass is 9.96. The second-order valence-corrected chi connectivity index (χ2v) is 8.24. The number of benzene rings is 2. The van der Waals surface area contributed by atoms with Crippen LogP contribution in [0.1, 0.15) is 57.6 Å². The number of ether oxygens (including phenoxy) is 2. The molecule has 5 nitrogen and oxygen atoms in total. The molecule has 0 bridgehead atoms. The van der Waals surface area contributed by atoms with E-state index in [2.05, 4.69) is 18.3 Å². The van der Waals surface area contributed by atoms with E-state index in [1.165, 1.54) is 12.8 Å². The third kappa shape index (κ3) is 5.78. The van der Waals surface area contributed by atoms with E-state index in [1.807, 2.05) is 45.0 Å². The Bertz CT molecular complexity index is 1110. The third-order valence-electron chi connectivity index (χ3n) is 5.83. The summed E-state index contributed by atoms with van der Waals surface area (Å²) in [4.78, 5) is 12.5. The number of aryl methyl sites for hydroxylation is 1. The number of furan rings is 1. The molecule has 0 aliphatic rings. The fourth-order valence-corrected chi connectivity index (χ4v) is 4.08. The van der Waals surface area contributed by atoms with Gasteiger partial charge in [0.25, 0.3) is 0 Å². The first-order chi connectivity index (χ1) is 16.0. The molecular formula is C28H35NO4. The lowest BCUT2D eigenvalue weighted by molar-refractivity contribution is -0.116. The number of nitrogens with one attached hydrogen (secondary N) is 1. The summed E-state index contributed by atoms with van der Waals surface area (Å²) in [5.74, 6) is 1.48. The molecule has 1 aromatic heterocycles. The quantitative estimate of drug-likeness (QED) is 0.255. The predicted molar refractivity (Wildman–Crippen MR) is 135 cm³/mol. The Labute approximate surface area is 196 Å². The molecule has 0 radical (unpaired) electrons. The number of unbranched alkanes of at least 4 members (excludes halogenated alkanes) is 3. The van der Waals surface area contributed by atoms with E-state index in [-0.39, 0.29) is 5.91 Å². The molecule has 176 valence electrons. The van der Waals surface area contributed by atoms with Crippen molar-refractivity contribution in [1.82, 2.24) is 5.32 Å². The maximum Gasteiger partial charge on any atom is 0.244 e. The van der Waals surface area contributed by atoms with Gasteiger partial charge in [0.05, 0.1) is 20.0 Å². The maximum absolute atomic E-state index is 12.5. The second kappa shape index (κ2) is 11.6. The summed E-state index contributed by atoms with van der Waals surface area (Å²) in [7, 11) is 1.65. The Morgan fingerprint density at radius 3 is 2.55 bits per heavy atom. The topological polar surface area (TPSA) is 60.7 Å². The molecule has 3 rings (SSSR count). The van der Waals surface area contributed by atoms with Crippen LogP contribution in [-0.4, -0.2) is 26.2 Å². The molecule has 0 saturated carbocycles. The fraction of sp³-hybridized carbons (Fsp3) is 0.393. The first kappa shape index (κ1) is 24.4. The highest BCUT2D eigenvalue weighted by Gasteiger charge is 2.19. The lowest BCUT2D eigenvalue weighted by Crippen LogP contribution is -2.22. The fourth-order valence-electron chi connectivity index (χ4n) is 4.08. The van der Waals surface area contributed by atoms with Crippen molar-refractivity contribution in [2.45, 2.75) is 53.4 Å². The van der Waals surface area contributed by atoms with E-state index < -0.39 is 0 Å². The number of methoxy groups -OCH3 is 1. The minimum absolute atomic E-state index is 0.0808. The van der Waals surface area contributed by atoms with Crippen molar-refractivity contribution >= 4 is 22.4 Å². The van der Waals surface area contributed by atoms with Crippen LogP contribution >= 0.6 is 0 Å². The zero-order valence-corrected chi connectivity index (χ0v) is 20.4. The van der Waals surface area contributed by atoms with Crippen LogP contribution in [0.3, 0.4) is 0 Å². The molecule has 0 fully saturated rings. The van der Waals surface area contributed by atoms with Gasteiger partial charge in [0.1, 0.15) is 17.1 Å². The van der Waals surface area contributed by atoms with Crippen LogP contribution < -0.4 is 14.8 Å². The van der Waals surface area contributed by atoms with E-state index in [9.17, 15) is 4.79 Å². The normalized spacial score (nSPS) is 11.6. The average Bonchev–Trinajstić information content (AvgIpc) is 3.24. The van der Waals surface area contributed by atoms with Crippen LogP contribution in [0.5, 0.6) is 11.5 Å². The first-order valence-electron chi connectivity index (χ1n) is 11.8. The number of allylic oxidation sites excluding steroid dienone is 1. The average molecular weight is 450 g/mol. The van der Waals surface area contributed by atoms with Gasteiger partial charge in [0.2, 0.25) is 5.91 Å². The summed E-state index contributed by atoms with van der Waals surface area (Å²) >= 11 is 0. The standard InChI is InChI=1S/C28H35NO4/c1-6-8-9-10-15-29-26(30)16-19(3)23-17-24-25(18-33-28(24)20(4)27(23)31-5)21-11-13-22(14-12-21)32-7-2/h11-14,16-18H,6-10,15H2,1-5H3,(H,29,30)/b19-16+. The molecule has 33 heavy (non-hydrogen) atoms. The van der Waals surface area contributed by atoms with Gasteiger partial charge in [-0.25, -0.2) is 0 Å². The summed E-state index contributed by atoms with van der Waals surface area (Å²) in [5.41, 5.74) is 5.47. The number of hydrogen-bond donors (Lipinski definition) is 1. The molecular weight excluding hydrogens is 414 g/mol. The Hall–Kier alpha value is -3.21. The van der Waals surface area contributed by atoms with Crippen molar-refractivity contribution in [2.75, 3.05) is 20.3 Å². The van der Waals surface area contributed by atoms with Crippen LogP contribution in [0, 0.1) is 6.92 Å². The van der Waals surface area contributed by atoms with Gasteiger partial charge in [-0.2, -0.15) is 0 Å². The Morgan fingerprint density at radius 1 is 1.12 bits per heavy atom. The molecule has 0 aliphatic heterocycles. The minimum Gasteiger partial charge on any atom is -0.496 e. The van der Waals surface area contributed by atoms with Gasteiger partial charge < -0.3 is 19.2 Å². The smallest absolute Gasteiger partial charge is 0.244 e.